The van der Waals surface area contributed by atoms with Gasteiger partial charge in [0.1, 0.15) is 18.2 Å². The number of nitrogens with zero attached hydrogens (tertiary/aromatic N) is 2. The summed E-state index contributed by atoms with van der Waals surface area (Å²) in [5.74, 6) is -0.707. The number of nitrogens with one attached hydrogen (secondary N) is 1. The van der Waals surface area contributed by atoms with Crippen molar-refractivity contribution in [1.29, 1.82) is 0 Å². The van der Waals surface area contributed by atoms with Crippen LogP contribution in [0, 0.1) is 17.6 Å². The van der Waals surface area contributed by atoms with E-state index in [9.17, 15) is 18.4 Å². The van der Waals surface area contributed by atoms with Crippen molar-refractivity contribution in [3.05, 3.63) is 96.1 Å². The minimum absolute atomic E-state index is 0. The Morgan fingerprint density at radius 2 is 1.59 bits per heavy atom. The molecule has 2 bridgehead atoms. The maximum absolute atomic E-state index is 14.7. The molecule has 3 aromatic rings. The fraction of sp³-hybridized carbons (Fsp3) is 0.333. The van der Waals surface area contributed by atoms with Crippen molar-refractivity contribution in [1.82, 2.24) is 0 Å². The topological polar surface area (TPSA) is 58.6 Å². The number of fused-ring (bicyclic) bond motifs is 3. The number of ether oxygens (including phenoxy) is 1. The van der Waals surface area contributed by atoms with Gasteiger partial charge in [0.2, 0.25) is 5.91 Å². The van der Waals surface area contributed by atoms with Crippen LogP contribution in [0.2, 0.25) is 0 Å². The van der Waals surface area contributed by atoms with E-state index >= 15 is 0 Å². The zero-order chi connectivity index (χ0) is 26.5. The fourth-order valence-corrected chi connectivity index (χ4v) is 5.64. The van der Waals surface area contributed by atoms with Gasteiger partial charge in [-0.25, -0.2) is 13.6 Å². The van der Waals surface area contributed by atoms with E-state index in [2.05, 4.69) is 5.32 Å². The second kappa shape index (κ2) is 12.6. The molecule has 0 aliphatic carbocycles. The molecule has 1 N–H and O–H groups in total. The van der Waals surface area contributed by atoms with Crippen molar-refractivity contribution in [2.24, 2.45) is 5.92 Å². The maximum atomic E-state index is 14.7. The SMILES string of the molecule is O=C(CC[N+]12CCC(CC1)[C@@H](OC(=O)N(Cc1ccc(F)cc1)c1ccccc1F)C2)Nc1ccccc1.[Cl-]. The number of rotatable bonds is 8. The number of hydrogen-bond donors (Lipinski definition) is 1. The molecular formula is C30H32ClF2N3O3. The molecule has 0 unspecified atom stereocenters. The summed E-state index contributed by atoms with van der Waals surface area (Å²) < 4.78 is 34.9. The Hall–Kier alpha value is -3.49. The van der Waals surface area contributed by atoms with Gasteiger partial charge in [-0.2, -0.15) is 0 Å². The number of amides is 2. The molecule has 1 atom stereocenters. The number of quaternary nitrogens is 1. The van der Waals surface area contributed by atoms with Crippen molar-refractivity contribution in [2.75, 3.05) is 36.4 Å². The highest BCUT2D eigenvalue weighted by atomic mass is 35.5. The molecule has 9 heteroatoms. The second-order valence-electron chi connectivity index (χ2n) is 10.3. The van der Waals surface area contributed by atoms with Crippen LogP contribution in [0.25, 0.3) is 0 Å². The lowest BCUT2D eigenvalue weighted by molar-refractivity contribution is -0.945. The zero-order valence-corrected chi connectivity index (χ0v) is 22.3. The Morgan fingerprint density at radius 3 is 2.28 bits per heavy atom. The number of halogens is 3. The zero-order valence-electron chi connectivity index (χ0n) is 21.6. The van der Waals surface area contributed by atoms with Gasteiger partial charge in [0.05, 0.1) is 38.3 Å². The van der Waals surface area contributed by atoms with E-state index in [1.807, 2.05) is 30.3 Å². The predicted octanol–water partition coefficient (Wildman–Crippen LogP) is 2.75. The lowest BCUT2D eigenvalue weighted by atomic mass is 9.83. The van der Waals surface area contributed by atoms with E-state index in [1.54, 1.807) is 24.3 Å². The maximum Gasteiger partial charge on any atom is 0.415 e. The molecule has 0 spiro atoms. The van der Waals surface area contributed by atoms with Crippen LogP contribution in [0.15, 0.2) is 78.9 Å². The van der Waals surface area contributed by atoms with E-state index in [1.165, 1.54) is 29.2 Å². The quantitative estimate of drug-likeness (QED) is 0.435. The molecule has 3 aliphatic heterocycles. The molecule has 3 aromatic carbocycles. The van der Waals surface area contributed by atoms with Crippen molar-refractivity contribution in [3.8, 4) is 0 Å². The highest BCUT2D eigenvalue weighted by molar-refractivity contribution is 5.90. The van der Waals surface area contributed by atoms with E-state index in [4.69, 9.17) is 4.74 Å². The molecule has 39 heavy (non-hydrogen) atoms. The Labute approximate surface area is 233 Å². The third kappa shape index (κ3) is 6.94. The minimum Gasteiger partial charge on any atom is -1.00 e. The average Bonchev–Trinajstić information content (AvgIpc) is 2.93. The number of benzene rings is 3. The standard InChI is InChI=1S/C30H31F2N3O3.ClH/c31-24-12-10-22(11-13-24)20-34(27-9-5-4-8-26(27)32)30(37)38-28-21-35(17-14-23(28)15-18-35)19-16-29(36)33-25-6-2-1-3-7-25;/h1-13,23,28H,14-21H2;1H/t23?,28-,35?;/m0./s1. The lowest BCUT2D eigenvalue weighted by Gasteiger charge is -2.52. The van der Waals surface area contributed by atoms with Crippen LogP contribution >= 0.6 is 0 Å². The monoisotopic (exact) mass is 555 g/mol. The number of hydrogen-bond acceptors (Lipinski definition) is 3. The van der Waals surface area contributed by atoms with Crippen molar-refractivity contribution < 1.29 is 40.0 Å². The van der Waals surface area contributed by atoms with Crippen LogP contribution in [0.1, 0.15) is 24.8 Å². The third-order valence-corrected chi connectivity index (χ3v) is 7.78. The van der Waals surface area contributed by atoms with Crippen molar-refractivity contribution >= 4 is 23.4 Å². The van der Waals surface area contributed by atoms with Crippen LogP contribution in [-0.2, 0) is 16.1 Å². The minimum atomic E-state index is -0.627. The molecule has 0 aromatic heterocycles. The van der Waals surface area contributed by atoms with Gasteiger partial charge in [0.15, 0.2) is 6.10 Å². The molecule has 3 fully saturated rings. The van der Waals surface area contributed by atoms with Crippen LogP contribution in [-0.4, -0.2) is 48.8 Å². The molecule has 206 valence electrons. The smallest absolute Gasteiger partial charge is 0.415 e. The third-order valence-electron chi connectivity index (χ3n) is 7.78. The van der Waals surface area contributed by atoms with Gasteiger partial charge < -0.3 is 26.9 Å². The number of anilines is 2. The fourth-order valence-electron chi connectivity index (χ4n) is 5.64. The molecule has 3 heterocycles. The van der Waals surface area contributed by atoms with E-state index in [0.29, 0.717) is 25.1 Å². The normalized spacial score (nSPS) is 21.5. The summed E-state index contributed by atoms with van der Waals surface area (Å²) in [6.07, 6.45) is 1.26. The molecule has 0 radical (unpaired) electrons. The largest absolute Gasteiger partial charge is 1.00 e. The van der Waals surface area contributed by atoms with Gasteiger partial charge in [0, 0.05) is 24.4 Å². The Kier molecular flexibility index (Phi) is 9.20. The van der Waals surface area contributed by atoms with E-state index in [0.717, 1.165) is 36.1 Å². The van der Waals surface area contributed by atoms with Gasteiger partial charge in [-0.15, -0.1) is 0 Å². The Bertz CT molecular complexity index is 1270. The molecule has 6 rings (SSSR count). The van der Waals surface area contributed by atoms with Crippen LogP contribution < -0.4 is 22.6 Å². The van der Waals surface area contributed by atoms with Crippen LogP contribution in [0.4, 0.5) is 25.0 Å². The summed E-state index contributed by atoms with van der Waals surface area (Å²) in [6.45, 7) is 3.26. The van der Waals surface area contributed by atoms with Crippen molar-refractivity contribution in [2.45, 2.75) is 31.9 Å². The van der Waals surface area contributed by atoms with Crippen molar-refractivity contribution in [3.63, 3.8) is 0 Å². The summed E-state index contributed by atoms with van der Waals surface area (Å²) >= 11 is 0. The molecule has 0 saturated carbocycles. The summed E-state index contributed by atoms with van der Waals surface area (Å²) in [6, 6.07) is 21.2. The number of piperidine rings is 3. The van der Waals surface area contributed by atoms with Gasteiger partial charge in [-0.1, -0.05) is 42.5 Å². The summed E-state index contributed by atoms with van der Waals surface area (Å²) in [7, 11) is 0. The van der Waals surface area contributed by atoms with Crippen LogP contribution in [0.5, 0.6) is 0 Å². The number of carbonyl (C=O) groups is 2. The molecule has 6 nitrogen and oxygen atoms in total. The van der Waals surface area contributed by atoms with E-state index in [-0.39, 0.29) is 48.4 Å². The summed E-state index contributed by atoms with van der Waals surface area (Å²) in [4.78, 5) is 27.3. The Balaban J connectivity index is 0.00000353. The van der Waals surface area contributed by atoms with E-state index < -0.39 is 11.9 Å². The predicted molar refractivity (Wildman–Crippen MR) is 141 cm³/mol. The first-order valence-electron chi connectivity index (χ1n) is 13.1. The highest BCUT2D eigenvalue weighted by Crippen LogP contribution is 2.36. The van der Waals surface area contributed by atoms with Gasteiger partial charge >= 0.3 is 6.09 Å². The number of para-hydroxylation sites is 2. The van der Waals surface area contributed by atoms with Crippen LogP contribution in [0.3, 0.4) is 0 Å². The first-order chi connectivity index (χ1) is 18.4. The number of carbonyl (C=O) groups excluding carboxylic acids is 2. The molecule has 3 aliphatic rings. The van der Waals surface area contributed by atoms with Gasteiger partial charge in [0.25, 0.3) is 0 Å². The molecule has 3 saturated heterocycles. The molecule has 2 amide bonds. The average molecular weight is 556 g/mol. The second-order valence-corrected chi connectivity index (χ2v) is 10.3. The first kappa shape index (κ1) is 28.5. The van der Waals surface area contributed by atoms with Gasteiger partial charge in [-0.3, -0.25) is 9.69 Å². The first-order valence-corrected chi connectivity index (χ1v) is 13.1. The lowest BCUT2D eigenvalue weighted by Crippen LogP contribution is -3.00. The molecular weight excluding hydrogens is 524 g/mol. The summed E-state index contributed by atoms with van der Waals surface area (Å²) in [5, 5.41) is 2.94. The summed E-state index contributed by atoms with van der Waals surface area (Å²) in [5.41, 5.74) is 1.55. The Morgan fingerprint density at radius 1 is 0.923 bits per heavy atom. The van der Waals surface area contributed by atoms with Gasteiger partial charge in [-0.05, 0) is 42.0 Å². The highest BCUT2D eigenvalue weighted by Gasteiger charge is 2.48.